The summed E-state index contributed by atoms with van der Waals surface area (Å²) in [6, 6.07) is 5.73. The number of rotatable bonds is 14. The maximum Gasteiger partial charge on any atom is 0.130 e. The molecule has 0 radical (unpaired) electrons. The second-order valence-electron chi connectivity index (χ2n) is 21.1. The van der Waals surface area contributed by atoms with Gasteiger partial charge >= 0.3 is 0 Å². The average molecular weight is 828 g/mol. The molecule has 4 aliphatic carbocycles. The minimum absolute atomic E-state index is 0.143. The Kier molecular flexibility index (Phi) is 11.6. The molecule has 0 spiro atoms. The summed E-state index contributed by atoms with van der Waals surface area (Å²) >= 11 is 4.88. The molecule has 2 heteroatoms. The molecule has 0 aromatic heterocycles. The van der Waals surface area contributed by atoms with Crippen LogP contribution in [0.25, 0.3) is 0 Å². The van der Waals surface area contributed by atoms with Crippen molar-refractivity contribution in [3.8, 4) is 0 Å². The minimum Gasteiger partial charge on any atom is -0.0927 e. The van der Waals surface area contributed by atoms with Crippen molar-refractivity contribution in [2.45, 2.75) is 257 Å². The zero-order valence-corrected chi connectivity index (χ0v) is 41.5. The Hall–Kier alpha value is -0.993. The molecule has 0 fully saturated rings. The highest BCUT2D eigenvalue weighted by molar-refractivity contribution is 9.24. The summed E-state index contributed by atoms with van der Waals surface area (Å²) in [4.78, 5) is 0. The highest BCUT2D eigenvalue weighted by Gasteiger charge is 2.57. The molecule has 2 aromatic rings. The summed E-state index contributed by atoms with van der Waals surface area (Å²) in [6.45, 7) is 40.6. The van der Waals surface area contributed by atoms with Crippen LogP contribution >= 0.6 is 15.3 Å². The molecule has 0 atom stereocenters. The topological polar surface area (TPSA) is 0 Å². The Morgan fingerprint density at radius 2 is 0.673 bits per heavy atom. The number of halogens is 1. The van der Waals surface area contributed by atoms with Gasteiger partial charge in [0.2, 0.25) is 0 Å². The highest BCUT2D eigenvalue weighted by Crippen LogP contribution is 2.64. The van der Waals surface area contributed by atoms with Gasteiger partial charge in [-0.15, -0.1) is 0 Å². The summed E-state index contributed by atoms with van der Waals surface area (Å²) in [6.07, 6.45) is 20.1. The molecule has 55 heavy (non-hydrogen) atoms. The van der Waals surface area contributed by atoms with Gasteiger partial charge < -0.3 is 0 Å². The van der Waals surface area contributed by atoms with E-state index in [-0.39, 0.29) is 43.3 Å². The van der Waals surface area contributed by atoms with Gasteiger partial charge in [0.15, 0.2) is 0 Å². The van der Waals surface area contributed by atoms with Crippen molar-refractivity contribution < 1.29 is 0 Å². The zero-order chi connectivity index (χ0) is 40.8. The largest absolute Gasteiger partial charge is 0.130 e. The maximum absolute atomic E-state index is 4.88. The zero-order valence-electron chi connectivity index (χ0n) is 38.9. The lowest BCUT2D eigenvalue weighted by molar-refractivity contribution is 0.279. The third kappa shape index (κ3) is 5.74. The third-order valence-corrected chi connectivity index (χ3v) is 22.3. The molecule has 0 aliphatic heterocycles. The first-order valence-corrected chi connectivity index (χ1v) is 27.6. The van der Waals surface area contributed by atoms with Gasteiger partial charge in [0, 0.05) is 0 Å². The summed E-state index contributed by atoms with van der Waals surface area (Å²) in [5.74, 6) is 0. The summed E-state index contributed by atoms with van der Waals surface area (Å²) < 4.78 is 0. The molecular weight excluding hydrogens is 745 g/mol. The van der Waals surface area contributed by atoms with E-state index in [1.807, 2.05) is 16.3 Å². The quantitative estimate of drug-likeness (QED) is 0.131. The molecule has 306 valence electrons. The Bertz CT molecular complexity index is 1690. The first kappa shape index (κ1) is 43.6. The number of fused-ring (bicyclic) bond motifs is 4. The maximum atomic E-state index is 4.88. The number of hydrogen-bond acceptors (Lipinski definition) is 0. The molecule has 0 heterocycles. The molecule has 0 saturated carbocycles. The first-order valence-electron chi connectivity index (χ1n) is 23.7. The lowest BCUT2D eigenvalue weighted by Gasteiger charge is -2.36. The molecule has 2 aromatic carbocycles. The Labute approximate surface area is 350 Å². The summed E-state index contributed by atoms with van der Waals surface area (Å²) in [7, 11) is -1.33. The SMILES string of the molecule is CCC1(CC)CC(C)(C)c2c1cc1c(c2/C=[Si](\Br)c2c3c(cc4c2C(CC)(CC)CC4(CC)CC)C(CC)(CC)CC3(CC)CC)C(C)(C)CC1(CC)CC. The monoisotopic (exact) mass is 827 g/mol. The van der Waals surface area contributed by atoms with Crippen LogP contribution < -0.4 is 5.19 Å². The van der Waals surface area contributed by atoms with Crippen molar-refractivity contribution >= 4 is 33.2 Å². The van der Waals surface area contributed by atoms with Crippen LogP contribution in [-0.4, -0.2) is 12.7 Å². The standard InChI is InChI=1S/C53H83BrSi/c1-17-48(18-2)32-46(13,14)41-36(42-38(29-37(41)48)49(19-3,20-4)33-47(42,15)16)31-55(54)45-43-39(50(21-5,22-6)34-52(43,25-9)26-10)30-40-44(45)53(27-11,28-12)35-51(40,23-7)24-8/h29-31H,17-28,32-35H2,1-16H3/b55-31-. The van der Waals surface area contributed by atoms with Crippen LogP contribution in [0.5, 0.6) is 0 Å². The smallest absolute Gasteiger partial charge is 0.0927 e. The molecule has 0 bridgehead atoms. The van der Waals surface area contributed by atoms with E-state index in [0.717, 1.165) is 0 Å². The van der Waals surface area contributed by atoms with Gasteiger partial charge in [-0.25, -0.2) is 0 Å². The number of benzene rings is 2. The van der Waals surface area contributed by atoms with E-state index in [2.05, 4.69) is 129 Å². The van der Waals surface area contributed by atoms with Crippen LogP contribution in [0.4, 0.5) is 0 Å². The molecule has 0 nitrogen and oxygen atoms in total. The fourth-order valence-electron chi connectivity index (χ4n) is 15.2. The van der Waals surface area contributed by atoms with E-state index in [9.17, 15) is 0 Å². The highest BCUT2D eigenvalue weighted by atomic mass is 79.9. The predicted octanol–water partition coefficient (Wildman–Crippen LogP) is 15.2. The normalized spacial score (nSPS) is 23.8. The van der Waals surface area contributed by atoms with Crippen molar-refractivity contribution in [1.29, 1.82) is 0 Å². The van der Waals surface area contributed by atoms with E-state index < -0.39 is 7.03 Å². The number of hydrogen-bond donors (Lipinski definition) is 0. The van der Waals surface area contributed by atoms with E-state index in [4.69, 9.17) is 15.3 Å². The van der Waals surface area contributed by atoms with Gasteiger partial charge in [-0.3, -0.25) is 0 Å². The van der Waals surface area contributed by atoms with Crippen molar-refractivity contribution in [2.75, 3.05) is 0 Å². The van der Waals surface area contributed by atoms with Gasteiger partial charge in [0.1, 0.15) is 7.03 Å². The van der Waals surface area contributed by atoms with Crippen LogP contribution in [0.3, 0.4) is 0 Å². The molecule has 0 amide bonds. The van der Waals surface area contributed by atoms with Crippen LogP contribution in [0, 0.1) is 0 Å². The third-order valence-electron chi connectivity index (χ3n) is 18.9. The van der Waals surface area contributed by atoms with Gasteiger partial charge in [-0.2, -0.15) is 0 Å². The van der Waals surface area contributed by atoms with E-state index in [1.165, 1.54) is 103 Å². The van der Waals surface area contributed by atoms with Crippen molar-refractivity contribution in [3.63, 3.8) is 0 Å². The fraction of sp³-hybridized carbons (Fsp3) is 0.755. The Morgan fingerprint density at radius 1 is 0.418 bits per heavy atom. The molecule has 0 unspecified atom stereocenters. The fourth-order valence-corrected chi connectivity index (χ4v) is 19.0. The summed E-state index contributed by atoms with van der Waals surface area (Å²) in [5, 5.41) is 1.82. The minimum atomic E-state index is -1.33. The van der Waals surface area contributed by atoms with Crippen molar-refractivity contribution in [3.05, 3.63) is 62.2 Å². The molecule has 4 aliphatic rings. The van der Waals surface area contributed by atoms with Gasteiger partial charge in [0.05, 0.1) is 0 Å². The molecule has 0 saturated heterocycles. The van der Waals surface area contributed by atoms with Crippen molar-refractivity contribution in [2.24, 2.45) is 0 Å². The molecular formula is C53H83BrSi. The second kappa shape index (κ2) is 14.6. The Balaban J connectivity index is 1.87. The molecule has 0 N–H and O–H groups in total. The van der Waals surface area contributed by atoms with E-state index in [0.29, 0.717) is 0 Å². The lowest BCUT2D eigenvalue weighted by atomic mass is 9.70. The van der Waals surface area contributed by atoms with Crippen LogP contribution in [-0.2, 0) is 43.3 Å². The van der Waals surface area contributed by atoms with Crippen LogP contribution in [0.1, 0.15) is 264 Å². The Morgan fingerprint density at radius 3 is 0.945 bits per heavy atom. The molecule has 6 rings (SSSR count). The van der Waals surface area contributed by atoms with Crippen LogP contribution in [0.2, 0.25) is 0 Å². The predicted molar refractivity (Wildman–Crippen MR) is 250 cm³/mol. The first-order chi connectivity index (χ1) is 25.9. The summed E-state index contributed by atoms with van der Waals surface area (Å²) in [5.41, 5.74) is 20.5. The van der Waals surface area contributed by atoms with Crippen LogP contribution in [0.15, 0.2) is 12.1 Å². The van der Waals surface area contributed by atoms with E-state index in [1.54, 1.807) is 38.9 Å². The average Bonchev–Trinajstić information content (AvgIpc) is 3.82. The van der Waals surface area contributed by atoms with E-state index >= 15 is 0 Å². The van der Waals surface area contributed by atoms with Crippen molar-refractivity contribution in [1.82, 2.24) is 0 Å². The van der Waals surface area contributed by atoms with Gasteiger partial charge in [-0.05, 0) is 201 Å². The lowest BCUT2D eigenvalue weighted by Crippen LogP contribution is -2.40. The van der Waals surface area contributed by atoms with Gasteiger partial charge in [-0.1, -0.05) is 144 Å². The second-order valence-corrected chi connectivity index (χ2v) is 25.2. The van der Waals surface area contributed by atoms with Gasteiger partial charge in [0.25, 0.3) is 0 Å².